The Labute approximate surface area is 99.6 Å². The van der Waals surface area contributed by atoms with Gasteiger partial charge in [0.1, 0.15) is 5.75 Å². The number of aryl methyl sites for hydroxylation is 2. The van der Waals surface area contributed by atoms with E-state index in [2.05, 4.69) is 22.3 Å². The van der Waals surface area contributed by atoms with Crippen molar-refractivity contribution in [2.45, 2.75) is 26.2 Å². The Hall–Kier alpha value is -1.84. The van der Waals surface area contributed by atoms with Gasteiger partial charge in [0.2, 0.25) is 11.8 Å². The molecule has 17 heavy (non-hydrogen) atoms. The number of rotatable bonds is 2. The van der Waals surface area contributed by atoms with Gasteiger partial charge in [-0.05, 0) is 30.0 Å². The van der Waals surface area contributed by atoms with Crippen molar-refractivity contribution in [3.05, 3.63) is 41.1 Å². The van der Waals surface area contributed by atoms with Crippen LogP contribution in [-0.2, 0) is 12.8 Å². The molecule has 0 unspecified atom stereocenters. The lowest BCUT2D eigenvalue weighted by Gasteiger charge is -2.17. The first-order valence-corrected chi connectivity index (χ1v) is 5.85. The van der Waals surface area contributed by atoms with Crippen LogP contribution in [0.5, 0.6) is 5.75 Å². The number of ether oxygens (including phenoxy) is 1. The minimum atomic E-state index is 0.612. The summed E-state index contributed by atoms with van der Waals surface area (Å²) in [5, 5.41) is 7.83. The third-order valence-corrected chi connectivity index (χ3v) is 2.90. The Morgan fingerprint density at radius 1 is 1.29 bits per heavy atom. The molecule has 0 bridgehead atoms. The highest BCUT2D eigenvalue weighted by molar-refractivity contribution is 5.39. The van der Waals surface area contributed by atoms with E-state index >= 15 is 0 Å². The zero-order valence-electron chi connectivity index (χ0n) is 9.77. The Kier molecular flexibility index (Phi) is 2.55. The van der Waals surface area contributed by atoms with Crippen molar-refractivity contribution >= 4 is 0 Å². The summed E-state index contributed by atoms with van der Waals surface area (Å²) >= 11 is 0. The molecule has 0 fully saturated rings. The van der Waals surface area contributed by atoms with E-state index in [0.717, 1.165) is 25.2 Å². The lowest BCUT2D eigenvalue weighted by molar-refractivity contribution is 0.288. The molecular weight excluding hydrogens is 216 g/mol. The second-order valence-electron chi connectivity index (χ2n) is 4.29. The van der Waals surface area contributed by atoms with Crippen LogP contribution in [0.4, 0.5) is 0 Å². The molecule has 1 aromatic heterocycles. The van der Waals surface area contributed by atoms with Crippen LogP contribution in [0, 0.1) is 6.92 Å². The van der Waals surface area contributed by atoms with E-state index in [-0.39, 0.29) is 0 Å². The van der Waals surface area contributed by atoms with E-state index in [0.29, 0.717) is 18.2 Å². The van der Waals surface area contributed by atoms with E-state index in [9.17, 15) is 0 Å². The van der Waals surface area contributed by atoms with Crippen molar-refractivity contribution in [1.82, 2.24) is 10.2 Å². The van der Waals surface area contributed by atoms with Gasteiger partial charge in [-0.15, -0.1) is 10.2 Å². The molecule has 0 N–H and O–H groups in total. The lowest BCUT2D eigenvalue weighted by atomic mass is 10.0. The maximum Gasteiger partial charge on any atom is 0.220 e. The second kappa shape index (κ2) is 4.20. The third-order valence-electron chi connectivity index (χ3n) is 2.90. The Balaban J connectivity index is 1.84. The van der Waals surface area contributed by atoms with Crippen molar-refractivity contribution in [2.75, 3.05) is 6.61 Å². The third kappa shape index (κ3) is 2.16. The van der Waals surface area contributed by atoms with Crippen LogP contribution in [0.1, 0.15) is 29.3 Å². The molecule has 3 rings (SSSR count). The van der Waals surface area contributed by atoms with E-state index in [1.54, 1.807) is 6.92 Å². The van der Waals surface area contributed by atoms with Gasteiger partial charge in [0.25, 0.3) is 0 Å². The van der Waals surface area contributed by atoms with E-state index < -0.39 is 0 Å². The van der Waals surface area contributed by atoms with Crippen LogP contribution in [0.25, 0.3) is 0 Å². The summed E-state index contributed by atoms with van der Waals surface area (Å²) in [6, 6.07) is 6.27. The fourth-order valence-electron chi connectivity index (χ4n) is 2.11. The summed E-state index contributed by atoms with van der Waals surface area (Å²) in [5.41, 5.74) is 2.47. The highest BCUT2D eigenvalue weighted by Crippen LogP contribution is 2.26. The van der Waals surface area contributed by atoms with Crippen molar-refractivity contribution in [3.8, 4) is 5.75 Å². The van der Waals surface area contributed by atoms with Gasteiger partial charge in [-0.25, -0.2) is 0 Å². The Bertz CT molecular complexity index is 534. The van der Waals surface area contributed by atoms with Crippen LogP contribution in [0.15, 0.2) is 22.6 Å². The highest BCUT2D eigenvalue weighted by atomic mass is 16.5. The molecule has 0 radical (unpaired) electrons. The molecule has 0 saturated heterocycles. The summed E-state index contributed by atoms with van der Waals surface area (Å²) in [6.45, 7) is 2.63. The average Bonchev–Trinajstić information content (AvgIpc) is 2.75. The van der Waals surface area contributed by atoms with Gasteiger partial charge in [0, 0.05) is 6.92 Å². The normalized spacial score (nSPS) is 14.2. The smallest absolute Gasteiger partial charge is 0.220 e. The second-order valence-corrected chi connectivity index (χ2v) is 4.29. The number of hydrogen-bond acceptors (Lipinski definition) is 4. The molecule has 0 spiro atoms. The Morgan fingerprint density at radius 2 is 2.24 bits per heavy atom. The molecule has 0 saturated carbocycles. The molecule has 4 heteroatoms. The molecule has 0 aliphatic carbocycles. The molecule has 1 aromatic carbocycles. The lowest BCUT2D eigenvalue weighted by Crippen LogP contribution is -2.08. The largest absolute Gasteiger partial charge is 0.493 e. The number of hydrogen-bond donors (Lipinski definition) is 0. The maximum absolute atomic E-state index is 5.58. The van der Waals surface area contributed by atoms with Crippen LogP contribution in [-0.4, -0.2) is 16.8 Å². The predicted molar refractivity (Wildman–Crippen MR) is 62.1 cm³/mol. The van der Waals surface area contributed by atoms with E-state index in [4.69, 9.17) is 9.15 Å². The van der Waals surface area contributed by atoms with Crippen LogP contribution < -0.4 is 4.74 Å². The standard InChI is InChI=1S/C13H14N2O2/c1-9-14-15-13(17-9)8-10-4-5-12-11(7-10)3-2-6-16-12/h4-5,7H,2-3,6,8H2,1H3. The van der Waals surface area contributed by atoms with Crippen molar-refractivity contribution in [3.63, 3.8) is 0 Å². The minimum Gasteiger partial charge on any atom is -0.493 e. The zero-order valence-corrected chi connectivity index (χ0v) is 9.77. The number of aromatic nitrogens is 2. The minimum absolute atomic E-state index is 0.612. The molecular formula is C13H14N2O2. The first-order chi connectivity index (χ1) is 8.31. The van der Waals surface area contributed by atoms with Crippen LogP contribution >= 0.6 is 0 Å². The van der Waals surface area contributed by atoms with Gasteiger partial charge in [-0.1, -0.05) is 12.1 Å². The summed E-state index contributed by atoms with van der Waals surface area (Å²) in [4.78, 5) is 0. The van der Waals surface area contributed by atoms with Gasteiger partial charge >= 0.3 is 0 Å². The number of benzene rings is 1. The van der Waals surface area contributed by atoms with Crippen molar-refractivity contribution in [1.29, 1.82) is 0 Å². The average molecular weight is 230 g/mol. The molecule has 1 aliphatic heterocycles. The van der Waals surface area contributed by atoms with Gasteiger partial charge in [-0.2, -0.15) is 0 Å². The van der Waals surface area contributed by atoms with Gasteiger partial charge in [0.05, 0.1) is 13.0 Å². The monoisotopic (exact) mass is 230 g/mol. The Morgan fingerprint density at radius 3 is 3.06 bits per heavy atom. The zero-order chi connectivity index (χ0) is 11.7. The topological polar surface area (TPSA) is 48.2 Å². The molecule has 2 heterocycles. The summed E-state index contributed by atoms with van der Waals surface area (Å²) in [6.07, 6.45) is 2.87. The van der Waals surface area contributed by atoms with Crippen molar-refractivity contribution in [2.24, 2.45) is 0 Å². The molecule has 0 atom stereocenters. The van der Waals surface area contributed by atoms with Crippen LogP contribution in [0.2, 0.25) is 0 Å². The van der Waals surface area contributed by atoms with E-state index in [1.165, 1.54) is 11.1 Å². The predicted octanol–water partition coefficient (Wildman–Crippen LogP) is 2.29. The summed E-state index contributed by atoms with van der Waals surface area (Å²) in [5.74, 6) is 2.29. The first-order valence-electron chi connectivity index (χ1n) is 5.85. The van der Waals surface area contributed by atoms with Crippen molar-refractivity contribution < 1.29 is 9.15 Å². The summed E-state index contributed by atoms with van der Waals surface area (Å²) in [7, 11) is 0. The van der Waals surface area contributed by atoms with E-state index in [1.807, 2.05) is 6.07 Å². The summed E-state index contributed by atoms with van der Waals surface area (Å²) < 4.78 is 11.0. The van der Waals surface area contributed by atoms with Gasteiger partial charge < -0.3 is 9.15 Å². The first kappa shape index (κ1) is 10.3. The van der Waals surface area contributed by atoms with Gasteiger partial charge in [0.15, 0.2) is 0 Å². The van der Waals surface area contributed by atoms with Crippen LogP contribution in [0.3, 0.4) is 0 Å². The fraction of sp³-hybridized carbons (Fsp3) is 0.385. The van der Waals surface area contributed by atoms with Gasteiger partial charge in [-0.3, -0.25) is 0 Å². The SMILES string of the molecule is Cc1nnc(Cc2ccc3c(c2)CCCO3)o1. The molecule has 0 amide bonds. The molecule has 2 aromatic rings. The number of fused-ring (bicyclic) bond motifs is 1. The number of nitrogens with zero attached hydrogens (tertiary/aromatic N) is 2. The molecule has 88 valence electrons. The quantitative estimate of drug-likeness (QED) is 0.794. The highest BCUT2D eigenvalue weighted by Gasteiger charge is 2.11. The molecule has 1 aliphatic rings. The maximum atomic E-state index is 5.58. The fourth-order valence-corrected chi connectivity index (χ4v) is 2.11. The molecule has 4 nitrogen and oxygen atoms in total.